The lowest BCUT2D eigenvalue weighted by Crippen LogP contribution is -2.24. The van der Waals surface area contributed by atoms with E-state index in [9.17, 15) is 0 Å². The molecule has 15 heavy (non-hydrogen) atoms. The van der Waals surface area contributed by atoms with E-state index in [1.165, 1.54) is 12.8 Å². The predicted molar refractivity (Wildman–Crippen MR) is 67.8 cm³/mol. The highest BCUT2D eigenvalue weighted by molar-refractivity contribution is 8.00. The van der Waals surface area contributed by atoms with E-state index in [-0.39, 0.29) is 4.75 Å². The largest absolute Gasteiger partial charge is 0.198 e. The molecule has 84 valence electrons. The highest BCUT2D eigenvalue weighted by Gasteiger charge is 2.27. The summed E-state index contributed by atoms with van der Waals surface area (Å²) in [6.45, 7) is 6.88. The van der Waals surface area contributed by atoms with Gasteiger partial charge in [-0.1, -0.05) is 26.0 Å². The van der Waals surface area contributed by atoms with Crippen molar-refractivity contribution in [2.75, 3.05) is 5.75 Å². The van der Waals surface area contributed by atoms with Crippen LogP contribution < -0.4 is 0 Å². The summed E-state index contributed by atoms with van der Waals surface area (Å²) in [7, 11) is 0. The van der Waals surface area contributed by atoms with Crippen LogP contribution in [-0.2, 0) is 0 Å². The van der Waals surface area contributed by atoms with E-state index in [4.69, 9.17) is 5.26 Å². The zero-order valence-electron chi connectivity index (χ0n) is 9.99. The minimum absolute atomic E-state index is 0.280. The summed E-state index contributed by atoms with van der Waals surface area (Å²) in [6.07, 6.45) is 7.96. The number of hydrogen-bond acceptors (Lipinski definition) is 2. The summed E-state index contributed by atoms with van der Waals surface area (Å²) < 4.78 is 0.280. The molecule has 1 aliphatic carbocycles. The lowest BCUT2D eigenvalue weighted by molar-refractivity contribution is 0.394. The van der Waals surface area contributed by atoms with Gasteiger partial charge in [0, 0.05) is 16.9 Å². The van der Waals surface area contributed by atoms with Gasteiger partial charge in [-0.2, -0.15) is 17.0 Å². The summed E-state index contributed by atoms with van der Waals surface area (Å²) in [5.41, 5.74) is 0. The molecule has 1 rings (SSSR count). The second kappa shape index (κ2) is 5.61. The topological polar surface area (TPSA) is 23.8 Å². The van der Waals surface area contributed by atoms with Crippen LogP contribution in [0, 0.1) is 23.2 Å². The Hall–Kier alpha value is -0.420. The number of nitriles is 1. The van der Waals surface area contributed by atoms with Gasteiger partial charge >= 0.3 is 0 Å². The van der Waals surface area contributed by atoms with E-state index >= 15 is 0 Å². The molecule has 0 spiro atoms. The van der Waals surface area contributed by atoms with Crippen LogP contribution in [0.25, 0.3) is 0 Å². The maximum atomic E-state index is 8.51. The van der Waals surface area contributed by atoms with Crippen molar-refractivity contribution >= 4 is 11.8 Å². The minimum atomic E-state index is 0.280. The number of rotatable bonds is 4. The maximum Gasteiger partial charge on any atom is 0.0630 e. The molecule has 0 amide bonds. The molecule has 2 unspecified atom stereocenters. The third-order valence-corrected chi connectivity index (χ3v) is 4.58. The summed E-state index contributed by atoms with van der Waals surface area (Å²) in [5, 5.41) is 8.51. The van der Waals surface area contributed by atoms with Crippen LogP contribution in [0.5, 0.6) is 0 Å². The van der Waals surface area contributed by atoms with Gasteiger partial charge in [0.1, 0.15) is 0 Å². The lowest BCUT2D eigenvalue weighted by atomic mass is 9.83. The standard InChI is InChI=1S/C13H21NS/c1-11(2)12-5-7-13(3,8-6-12)15-10-4-9-14/h5,7,11-12H,4,6,8,10H2,1-3H3. The fourth-order valence-corrected chi connectivity index (χ4v) is 3.06. The molecule has 2 atom stereocenters. The van der Waals surface area contributed by atoms with Crippen LogP contribution in [0.3, 0.4) is 0 Å². The zero-order valence-corrected chi connectivity index (χ0v) is 10.8. The summed E-state index contributed by atoms with van der Waals surface area (Å²) in [4.78, 5) is 0. The fraction of sp³-hybridized carbons (Fsp3) is 0.769. The lowest BCUT2D eigenvalue weighted by Gasteiger charge is -2.33. The molecule has 1 nitrogen and oxygen atoms in total. The highest BCUT2D eigenvalue weighted by Crippen LogP contribution is 2.38. The monoisotopic (exact) mass is 223 g/mol. The zero-order chi connectivity index (χ0) is 11.3. The fourth-order valence-electron chi connectivity index (χ4n) is 1.97. The molecule has 1 aliphatic rings. The number of thioether (sulfide) groups is 1. The van der Waals surface area contributed by atoms with Gasteiger partial charge in [-0.3, -0.25) is 0 Å². The average Bonchev–Trinajstić information content (AvgIpc) is 2.18. The molecule has 0 aromatic carbocycles. The molecule has 2 heteroatoms. The first-order valence-corrected chi connectivity index (χ1v) is 6.76. The van der Waals surface area contributed by atoms with Crippen LogP contribution in [0.2, 0.25) is 0 Å². The van der Waals surface area contributed by atoms with Crippen molar-refractivity contribution < 1.29 is 0 Å². The van der Waals surface area contributed by atoms with Crippen molar-refractivity contribution in [3.63, 3.8) is 0 Å². The Morgan fingerprint density at radius 1 is 1.60 bits per heavy atom. The Balaban J connectivity index is 2.45. The van der Waals surface area contributed by atoms with Gasteiger partial charge in [0.05, 0.1) is 6.07 Å². The Labute approximate surface area is 97.9 Å². The van der Waals surface area contributed by atoms with Crippen LogP contribution in [-0.4, -0.2) is 10.5 Å². The molecule has 0 fully saturated rings. The summed E-state index contributed by atoms with van der Waals surface area (Å²) in [5.74, 6) is 2.48. The normalized spacial score (nSPS) is 30.5. The first-order valence-electron chi connectivity index (χ1n) is 5.78. The second-order valence-corrected chi connectivity index (χ2v) is 6.50. The van der Waals surface area contributed by atoms with Crippen LogP contribution in [0.1, 0.15) is 40.0 Å². The summed E-state index contributed by atoms with van der Waals surface area (Å²) in [6, 6.07) is 2.21. The molecular formula is C13H21NS. The number of hydrogen-bond donors (Lipinski definition) is 0. The molecule has 0 aromatic rings. The smallest absolute Gasteiger partial charge is 0.0630 e. The van der Waals surface area contributed by atoms with Gasteiger partial charge in [-0.15, -0.1) is 0 Å². The molecule has 0 N–H and O–H groups in total. The first kappa shape index (κ1) is 12.6. The Morgan fingerprint density at radius 3 is 2.80 bits per heavy atom. The van der Waals surface area contributed by atoms with Crippen LogP contribution in [0.15, 0.2) is 12.2 Å². The van der Waals surface area contributed by atoms with E-state index in [0.29, 0.717) is 6.42 Å². The molecule has 0 heterocycles. The van der Waals surface area contributed by atoms with Crippen LogP contribution >= 0.6 is 11.8 Å². The maximum absolute atomic E-state index is 8.51. The number of allylic oxidation sites excluding steroid dienone is 1. The molecule has 0 aliphatic heterocycles. The molecule has 0 saturated carbocycles. The number of nitrogens with zero attached hydrogens (tertiary/aromatic N) is 1. The Kier molecular flexibility index (Phi) is 4.73. The Bertz CT molecular complexity index is 264. The van der Waals surface area contributed by atoms with E-state index in [0.717, 1.165) is 17.6 Å². The first-order chi connectivity index (χ1) is 7.07. The molecule has 0 aromatic heterocycles. The van der Waals surface area contributed by atoms with Crippen molar-refractivity contribution in [3.05, 3.63) is 12.2 Å². The Morgan fingerprint density at radius 2 is 2.33 bits per heavy atom. The summed E-state index contributed by atoms with van der Waals surface area (Å²) >= 11 is 1.93. The van der Waals surface area contributed by atoms with E-state index < -0.39 is 0 Å². The third kappa shape index (κ3) is 3.91. The molecular weight excluding hydrogens is 202 g/mol. The van der Waals surface area contributed by atoms with Crippen molar-refractivity contribution in [2.24, 2.45) is 11.8 Å². The molecule has 0 radical (unpaired) electrons. The van der Waals surface area contributed by atoms with Gasteiger partial charge in [-0.05, 0) is 31.6 Å². The van der Waals surface area contributed by atoms with Gasteiger partial charge < -0.3 is 0 Å². The van der Waals surface area contributed by atoms with E-state index in [1.54, 1.807) is 0 Å². The molecule has 0 bridgehead atoms. The van der Waals surface area contributed by atoms with Crippen LogP contribution in [0.4, 0.5) is 0 Å². The SMILES string of the molecule is CC(C)C1C=CC(C)(SCCC#N)CC1. The van der Waals surface area contributed by atoms with Gasteiger partial charge in [0.25, 0.3) is 0 Å². The van der Waals surface area contributed by atoms with Crippen molar-refractivity contribution in [1.82, 2.24) is 0 Å². The third-order valence-electron chi connectivity index (χ3n) is 3.17. The minimum Gasteiger partial charge on any atom is -0.198 e. The second-order valence-electron chi connectivity index (χ2n) is 4.87. The highest BCUT2D eigenvalue weighted by atomic mass is 32.2. The average molecular weight is 223 g/mol. The van der Waals surface area contributed by atoms with Gasteiger partial charge in [0.15, 0.2) is 0 Å². The van der Waals surface area contributed by atoms with E-state index in [2.05, 4.69) is 39.0 Å². The molecule has 0 saturated heterocycles. The van der Waals surface area contributed by atoms with Gasteiger partial charge in [0.2, 0.25) is 0 Å². The van der Waals surface area contributed by atoms with E-state index in [1.807, 2.05) is 11.8 Å². The van der Waals surface area contributed by atoms with Crippen molar-refractivity contribution in [2.45, 2.75) is 44.8 Å². The van der Waals surface area contributed by atoms with Gasteiger partial charge in [-0.25, -0.2) is 0 Å². The van der Waals surface area contributed by atoms with Crippen molar-refractivity contribution in [1.29, 1.82) is 5.26 Å². The van der Waals surface area contributed by atoms with Crippen molar-refractivity contribution in [3.8, 4) is 6.07 Å². The quantitative estimate of drug-likeness (QED) is 0.531. The predicted octanol–water partition coefficient (Wildman–Crippen LogP) is 4.01.